The van der Waals surface area contributed by atoms with Gasteiger partial charge in [0.25, 0.3) is 10.2 Å². The number of hydrogen-bond donors (Lipinski definition) is 2. The molecule has 2 unspecified atom stereocenters. The minimum atomic E-state index is -3.49. The number of rotatable bonds is 2. The van der Waals surface area contributed by atoms with Crippen LogP contribution in [-0.4, -0.2) is 8.42 Å². The Labute approximate surface area is 135 Å². The molecule has 23 heavy (non-hydrogen) atoms. The fourth-order valence-electron chi connectivity index (χ4n) is 3.09. The van der Waals surface area contributed by atoms with Gasteiger partial charge >= 0.3 is 0 Å². The third-order valence-electron chi connectivity index (χ3n) is 4.19. The number of benzene rings is 3. The van der Waals surface area contributed by atoms with E-state index >= 15 is 0 Å². The molecule has 1 saturated heterocycles. The molecule has 0 saturated carbocycles. The first-order valence-electron chi connectivity index (χ1n) is 7.46. The van der Waals surface area contributed by atoms with Gasteiger partial charge in [0.05, 0.1) is 12.1 Å². The van der Waals surface area contributed by atoms with Crippen molar-refractivity contribution in [3.05, 3.63) is 83.9 Å². The maximum absolute atomic E-state index is 12.0. The molecular weight excluding hydrogens is 308 g/mol. The summed E-state index contributed by atoms with van der Waals surface area (Å²) in [5.41, 5.74) is 1.89. The van der Waals surface area contributed by atoms with Crippen molar-refractivity contribution in [2.75, 3.05) is 0 Å². The van der Waals surface area contributed by atoms with Crippen LogP contribution in [0.1, 0.15) is 23.2 Å². The Hall–Kier alpha value is -2.21. The Bertz CT molecular complexity index is 955. The number of fused-ring (bicyclic) bond motifs is 1. The molecule has 0 bridgehead atoms. The van der Waals surface area contributed by atoms with E-state index in [4.69, 9.17) is 0 Å². The standard InChI is InChI=1S/C18H16N2O2S/c21-23(22)19-17(14-7-2-1-3-8-14)18(20-23)16-11-10-13-6-4-5-9-15(13)12-16/h1-12,17-20H. The topological polar surface area (TPSA) is 58.2 Å². The molecule has 1 aliphatic heterocycles. The zero-order valence-corrected chi connectivity index (χ0v) is 13.1. The van der Waals surface area contributed by atoms with Crippen molar-refractivity contribution in [1.82, 2.24) is 9.44 Å². The van der Waals surface area contributed by atoms with Crippen LogP contribution in [0.2, 0.25) is 0 Å². The Morgan fingerprint density at radius 2 is 1.26 bits per heavy atom. The number of hydrogen-bond acceptors (Lipinski definition) is 2. The van der Waals surface area contributed by atoms with Crippen LogP contribution in [0.3, 0.4) is 0 Å². The van der Waals surface area contributed by atoms with E-state index in [1.807, 2.05) is 72.8 Å². The lowest BCUT2D eigenvalue weighted by Gasteiger charge is -2.18. The van der Waals surface area contributed by atoms with Crippen molar-refractivity contribution in [3.8, 4) is 0 Å². The summed E-state index contributed by atoms with van der Waals surface area (Å²) in [5.74, 6) is 0. The molecule has 4 rings (SSSR count). The van der Waals surface area contributed by atoms with Gasteiger partial charge in [-0.05, 0) is 28.0 Å². The van der Waals surface area contributed by atoms with Gasteiger partial charge in [-0.15, -0.1) is 0 Å². The first-order chi connectivity index (χ1) is 11.1. The predicted molar refractivity (Wildman–Crippen MR) is 91.1 cm³/mol. The van der Waals surface area contributed by atoms with Crippen molar-refractivity contribution < 1.29 is 8.42 Å². The summed E-state index contributed by atoms with van der Waals surface area (Å²) in [6, 6.07) is 23.1. The van der Waals surface area contributed by atoms with Gasteiger partial charge in [0.2, 0.25) is 0 Å². The van der Waals surface area contributed by atoms with Crippen molar-refractivity contribution in [1.29, 1.82) is 0 Å². The van der Waals surface area contributed by atoms with E-state index in [1.54, 1.807) is 0 Å². The first kappa shape index (κ1) is 14.4. The average Bonchev–Trinajstić information content (AvgIpc) is 2.91. The van der Waals surface area contributed by atoms with E-state index in [0.717, 1.165) is 21.9 Å². The summed E-state index contributed by atoms with van der Waals surface area (Å²) in [5, 5.41) is 2.24. The minimum absolute atomic E-state index is 0.317. The van der Waals surface area contributed by atoms with Crippen molar-refractivity contribution in [2.45, 2.75) is 12.1 Å². The highest BCUT2D eigenvalue weighted by atomic mass is 32.2. The van der Waals surface area contributed by atoms with Crippen molar-refractivity contribution in [2.24, 2.45) is 0 Å². The highest BCUT2D eigenvalue weighted by Crippen LogP contribution is 2.35. The molecule has 3 aromatic carbocycles. The van der Waals surface area contributed by atoms with Gasteiger partial charge in [-0.1, -0.05) is 66.7 Å². The Balaban J connectivity index is 1.80. The number of nitrogens with one attached hydrogen (secondary N) is 2. The Kier molecular flexibility index (Phi) is 3.41. The highest BCUT2D eigenvalue weighted by Gasteiger charge is 2.38. The van der Waals surface area contributed by atoms with E-state index in [1.165, 1.54) is 0 Å². The molecule has 3 aromatic rings. The van der Waals surface area contributed by atoms with Crippen LogP contribution in [0.5, 0.6) is 0 Å². The Morgan fingerprint density at radius 1 is 0.652 bits per heavy atom. The van der Waals surface area contributed by atoms with Gasteiger partial charge in [0, 0.05) is 0 Å². The zero-order chi connectivity index (χ0) is 15.9. The molecule has 1 heterocycles. The zero-order valence-electron chi connectivity index (χ0n) is 12.3. The Morgan fingerprint density at radius 3 is 2.00 bits per heavy atom. The molecule has 5 heteroatoms. The molecule has 0 amide bonds. The van der Waals surface area contributed by atoms with E-state index in [2.05, 4.69) is 9.44 Å². The van der Waals surface area contributed by atoms with Gasteiger partial charge in [-0.25, -0.2) is 0 Å². The van der Waals surface area contributed by atoms with E-state index in [0.29, 0.717) is 0 Å². The van der Waals surface area contributed by atoms with Gasteiger partial charge in [0.15, 0.2) is 0 Å². The third kappa shape index (κ3) is 2.74. The summed E-state index contributed by atoms with van der Waals surface area (Å²) in [6.07, 6.45) is 0. The van der Waals surface area contributed by atoms with Gasteiger partial charge < -0.3 is 0 Å². The van der Waals surface area contributed by atoms with Gasteiger partial charge in [-0.2, -0.15) is 17.9 Å². The summed E-state index contributed by atoms with van der Waals surface area (Å²) in [7, 11) is -3.49. The molecule has 0 spiro atoms. The smallest absolute Gasteiger partial charge is 0.195 e. The molecule has 1 fully saturated rings. The fourth-order valence-corrected chi connectivity index (χ4v) is 4.37. The largest absolute Gasteiger partial charge is 0.278 e. The average molecular weight is 324 g/mol. The van der Waals surface area contributed by atoms with Crippen LogP contribution in [-0.2, 0) is 10.2 Å². The summed E-state index contributed by atoms with van der Waals surface area (Å²) < 4.78 is 29.5. The summed E-state index contributed by atoms with van der Waals surface area (Å²) >= 11 is 0. The second kappa shape index (κ2) is 5.45. The van der Waals surface area contributed by atoms with Crippen molar-refractivity contribution >= 4 is 21.0 Å². The van der Waals surface area contributed by atoms with Gasteiger partial charge in [-0.3, -0.25) is 0 Å². The molecule has 2 atom stereocenters. The molecule has 0 aromatic heterocycles. The lowest BCUT2D eigenvalue weighted by Crippen LogP contribution is -2.24. The predicted octanol–water partition coefficient (Wildman–Crippen LogP) is 3.06. The monoisotopic (exact) mass is 324 g/mol. The summed E-state index contributed by atoms with van der Waals surface area (Å²) in [4.78, 5) is 0. The maximum Gasteiger partial charge on any atom is 0.278 e. The third-order valence-corrected chi connectivity index (χ3v) is 5.32. The molecule has 4 nitrogen and oxygen atoms in total. The lowest BCUT2D eigenvalue weighted by atomic mass is 9.93. The van der Waals surface area contributed by atoms with Crippen LogP contribution >= 0.6 is 0 Å². The second-order valence-corrected chi connectivity index (χ2v) is 7.19. The normalized spacial score (nSPS) is 23.1. The van der Waals surface area contributed by atoms with Crippen LogP contribution in [0.4, 0.5) is 0 Å². The molecular formula is C18H16N2O2S. The molecule has 2 N–H and O–H groups in total. The fraction of sp³-hybridized carbons (Fsp3) is 0.111. The van der Waals surface area contributed by atoms with Crippen LogP contribution < -0.4 is 9.44 Å². The van der Waals surface area contributed by atoms with E-state index < -0.39 is 10.2 Å². The second-order valence-electron chi connectivity index (χ2n) is 5.71. The maximum atomic E-state index is 12.0. The first-order valence-corrected chi connectivity index (χ1v) is 8.94. The quantitative estimate of drug-likeness (QED) is 0.761. The minimum Gasteiger partial charge on any atom is -0.195 e. The summed E-state index contributed by atoms with van der Waals surface area (Å²) in [6.45, 7) is 0. The van der Waals surface area contributed by atoms with Crippen LogP contribution in [0.25, 0.3) is 10.8 Å². The SMILES string of the molecule is O=S1(=O)NC(c2ccccc2)C(c2ccc3ccccc3c2)N1. The van der Waals surface area contributed by atoms with E-state index in [-0.39, 0.29) is 12.1 Å². The molecule has 116 valence electrons. The van der Waals surface area contributed by atoms with E-state index in [9.17, 15) is 8.42 Å². The van der Waals surface area contributed by atoms with Crippen molar-refractivity contribution in [3.63, 3.8) is 0 Å². The molecule has 0 radical (unpaired) electrons. The van der Waals surface area contributed by atoms with Crippen LogP contribution in [0, 0.1) is 0 Å². The molecule has 0 aliphatic carbocycles. The molecule has 1 aliphatic rings. The highest BCUT2D eigenvalue weighted by molar-refractivity contribution is 7.87. The lowest BCUT2D eigenvalue weighted by molar-refractivity contribution is 0.554. The van der Waals surface area contributed by atoms with Crippen LogP contribution in [0.15, 0.2) is 72.8 Å². The van der Waals surface area contributed by atoms with Gasteiger partial charge in [0.1, 0.15) is 0 Å².